The van der Waals surface area contributed by atoms with E-state index in [4.69, 9.17) is 0 Å². The molecule has 0 spiro atoms. The normalized spacial score (nSPS) is 24.0. The molecule has 1 fully saturated rings. The third-order valence-corrected chi connectivity index (χ3v) is 4.30. The Bertz CT molecular complexity index is 370. The van der Waals surface area contributed by atoms with Gasteiger partial charge in [0.25, 0.3) is 0 Å². The lowest BCUT2D eigenvalue weighted by atomic mass is 9.77. The second kappa shape index (κ2) is 7.09. The molecule has 1 aromatic heterocycles. The Morgan fingerprint density at radius 2 is 2.16 bits per heavy atom. The molecule has 108 valence electrons. The maximum Gasteiger partial charge on any atom is 0.0492 e. The first-order valence-corrected chi connectivity index (χ1v) is 7.94. The quantitative estimate of drug-likeness (QED) is 0.852. The van der Waals surface area contributed by atoms with Gasteiger partial charge < -0.3 is 5.32 Å². The molecule has 2 atom stereocenters. The summed E-state index contributed by atoms with van der Waals surface area (Å²) in [5, 5.41) is 8.10. The molecule has 2 unspecified atom stereocenters. The number of hydrogen-bond acceptors (Lipinski definition) is 2. The Hall–Kier alpha value is -0.830. The zero-order chi connectivity index (χ0) is 13.7. The number of nitrogens with zero attached hydrogens (tertiary/aromatic N) is 2. The van der Waals surface area contributed by atoms with E-state index in [1.165, 1.54) is 31.4 Å². The van der Waals surface area contributed by atoms with Gasteiger partial charge in [0.05, 0.1) is 0 Å². The van der Waals surface area contributed by atoms with E-state index in [2.05, 4.69) is 41.9 Å². The molecular formula is C16H29N3. The third-order valence-electron chi connectivity index (χ3n) is 4.30. The highest BCUT2D eigenvalue weighted by Gasteiger charge is 2.28. The zero-order valence-electron chi connectivity index (χ0n) is 12.7. The third kappa shape index (κ3) is 3.82. The molecule has 1 aliphatic rings. The van der Waals surface area contributed by atoms with E-state index in [1.807, 2.05) is 6.20 Å². The molecule has 0 saturated heterocycles. The lowest BCUT2D eigenvalue weighted by Gasteiger charge is -2.32. The van der Waals surface area contributed by atoms with Crippen LogP contribution in [0.5, 0.6) is 0 Å². The Balaban J connectivity index is 1.99. The smallest absolute Gasteiger partial charge is 0.0492 e. The first-order valence-electron chi connectivity index (χ1n) is 7.94. The van der Waals surface area contributed by atoms with Crippen molar-refractivity contribution in [1.29, 1.82) is 0 Å². The lowest BCUT2D eigenvalue weighted by molar-refractivity contribution is 0.280. The van der Waals surface area contributed by atoms with Crippen molar-refractivity contribution >= 4 is 0 Å². The summed E-state index contributed by atoms with van der Waals surface area (Å²) < 4.78 is 2.19. The topological polar surface area (TPSA) is 29.9 Å². The molecular weight excluding hydrogens is 234 g/mol. The van der Waals surface area contributed by atoms with Gasteiger partial charge in [-0.25, -0.2) is 0 Å². The van der Waals surface area contributed by atoms with Gasteiger partial charge in [0.2, 0.25) is 0 Å². The van der Waals surface area contributed by atoms with E-state index in [1.54, 1.807) is 0 Å². The number of rotatable bonds is 6. The largest absolute Gasteiger partial charge is 0.316 e. The molecule has 1 aliphatic carbocycles. The van der Waals surface area contributed by atoms with Gasteiger partial charge in [-0.1, -0.05) is 26.7 Å². The first-order chi connectivity index (χ1) is 9.22. The summed E-state index contributed by atoms with van der Waals surface area (Å²) in [7, 11) is 0. The van der Waals surface area contributed by atoms with E-state index in [-0.39, 0.29) is 0 Å². The molecule has 1 heterocycles. The van der Waals surface area contributed by atoms with Crippen molar-refractivity contribution in [3.8, 4) is 0 Å². The maximum atomic E-state index is 4.45. The van der Waals surface area contributed by atoms with Crippen LogP contribution in [0.2, 0.25) is 0 Å². The fourth-order valence-corrected chi connectivity index (χ4v) is 3.32. The monoisotopic (exact) mass is 263 g/mol. The predicted octanol–water partition coefficient (Wildman–Crippen LogP) is 3.42. The summed E-state index contributed by atoms with van der Waals surface area (Å²) in [6.07, 6.45) is 7.43. The zero-order valence-corrected chi connectivity index (χ0v) is 12.7. The fraction of sp³-hybridized carbons (Fsp3) is 0.812. The second-order valence-corrected chi connectivity index (χ2v) is 6.27. The SMILES string of the molecule is CCn1nccc1C1CCCCC1CNCC(C)C. The second-order valence-electron chi connectivity index (χ2n) is 6.27. The molecule has 1 aromatic rings. The minimum absolute atomic E-state index is 0.705. The molecule has 1 N–H and O–H groups in total. The Morgan fingerprint density at radius 1 is 1.37 bits per heavy atom. The number of nitrogens with one attached hydrogen (secondary N) is 1. The summed E-state index contributed by atoms with van der Waals surface area (Å²) in [6.45, 7) is 10.0. The van der Waals surface area contributed by atoms with Crippen LogP contribution in [0.15, 0.2) is 12.3 Å². The van der Waals surface area contributed by atoms with Crippen molar-refractivity contribution in [3.63, 3.8) is 0 Å². The van der Waals surface area contributed by atoms with Gasteiger partial charge in [-0.2, -0.15) is 5.10 Å². The van der Waals surface area contributed by atoms with Crippen molar-refractivity contribution in [2.45, 2.75) is 58.9 Å². The molecule has 3 nitrogen and oxygen atoms in total. The highest BCUT2D eigenvalue weighted by molar-refractivity contribution is 5.11. The van der Waals surface area contributed by atoms with Crippen LogP contribution in [-0.4, -0.2) is 22.9 Å². The van der Waals surface area contributed by atoms with Gasteiger partial charge in [-0.3, -0.25) is 4.68 Å². The molecule has 0 aliphatic heterocycles. The van der Waals surface area contributed by atoms with E-state index >= 15 is 0 Å². The van der Waals surface area contributed by atoms with Crippen LogP contribution in [0, 0.1) is 11.8 Å². The molecule has 1 saturated carbocycles. The average molecular weight is 263 g/mol. The van der Waals surface area contributed by atoms with Crippen LogP contribution >= 0.6 is 0 Å². The summed E-state index contributed by atoms with van der Waals surface area (Å²) in [5.74, 6) is 2.23. The lowest BCUT2D eigenvalue weighted by Crippen LogP contribution is -2.32. The Kier molecular flexibility index (Phi) is 5.44. The van der Waals surface area contributed by atoms with Crippen molar-refractivity contribution in [1.82, 2.24) is 15.1 Å². The molecule has 0 radical (unpaired) electrons. The van der Waals surface area contributed by atoms with Crippen LogP contribution in [-0.2, 0) is 6.54 Å². The van der Waals surface area contributed by atoms with E-state index in [0.29, 0.717) is 5.92 Å². The van der Waals surface area contributed by atoms with Crippen LogP contribution < -0.4 is 5.32 Å². The molecule has 2 rings (SSSR count). The van der Waals surface area contributed by atoms with Crippen molar-refractivity contribution in [3.05, 3.63) is 18.0 Å². The highest BCUT2D eigenvalue weighted by Crippen LogP contribution is 2.37. The van der Waals surface area contributed by atoms with E-state index < -0.39 is 0 Å². The number of hydrogen-bond donors (Lipinski definition) is 1. The van der Waals surface area contributed by atoms with E-state index in [9.17, 15) is 0 Å². The van der Waals surface area contributed by atoms with Gasteiger partial charge in [-0.05, 0) is 50.8 Å². The summed E-state index contributed by atoms with van der Waals surface area (Å²) in [6, 6.07) is 2.23. The molecule has 19 heavy (non-hydrogen) atoms. The van der Waals surface area contributed by atoms with Crippen molar-refractivity contribution in [2.24, 2.45) is 11.8 Å². The minimum atomic E-state index is 0.705. The van der Waals surface area contributed by atoms with Gasteiger partial charge >= 0.3 is 0 Å². The van der Waals surface area contributed by atoms with Crippen LogP contribution in [0.25, 0.3) is 0 Å². The molecule has 0 bridgehead atoms. The maximum absolute atomic E-state index is 4.45. The van der Waals surface area contributed by atoms with Crippen molar-refractivity contribution < 1.29 is 0 Å². The fourth-order valence-electron chi connectivity index (χ4n) is 3.32. The molecule has 0 aromatic carbocycles. The average Bonchev–Trinajstić information content (AvgIpc) is 2.87. The Morgan fingerprint density at radius 3 is 2.89 bits per heavy atom. The number of aryl methyl sites for hydroxylation is 1. The standard InChI is InChI=1S/C16H29N3/c1-4-19-16(9-10-18-19)15-8-6-5-7-14(15)12-17-11-13(2)3/h9-10,13-15,17H,4-8,11-12H2,1-3H3. The highest BCUT2D eigenvalue weighted by atomic mass is 15.3. The molecule has 0 amide bonds. The van der Waals surface area contributed by atoms with Crippen LogP contribution in [0.3, 0.4) is 0 Å². The molecule has 3 heteroatoms. The van der Waals surface area contributed by atoms with Gasteiger partial charge in [0.15, 0.2) is 0 Å². The number of aromatic nitrogens is 2. The summed E-state index contributed by atoms with van der Waals surface area (Å²) in [4.78, 5) is 0. The van der Waals surface area contributed by atoms with Crippen LogP contribution in [0.4, 0.5) is 0 Å². The summed E-state index contributed by atoms with van der Waals surface area (Å²) in [5.41, 5.74) is 1.46. The Labute approximate surface area is 117 Å². The minimum Gasteiger partial charge on any atom is -0.316 e. The van der Waals surface area contributed by atoms with Crippen LogP contribution in [0.1, 0.15) is 58.1 Å². The van der Waals surface area contributed by atoms with E-state index in [0.717, 1.165) is 31.5 Å². The van der Waals surface area contributed by atoms with Gasteiger partial charge in [0.1, 0.15) is 0 Å². The van der Waals surface area contributed by atoms with Crippen molar-refractivity contribution in [2.75, 3.05) is 13.1 Å². The van der Waals surface area contributed by atoms with Gasteiger partial charge in [-0.15, -0.1) is 0 Å². The first kappa shape index (κ1) is 14.6. The predicted molar refractivity (Wildman–Crippen MR) is 80.3 cm³/mol. The van der Waals surface area contributed by atoms with Gasteiger partial charge in [0, 0.05) is 24.4 Å². The summed E-state index contributed by atoms with van der Waals surface area (Å²) >= 11 is 0.